The van der Waals surface area contributed by atoms with Crippen molar-refractivity contribution in [1.29, 1.82) is 0 Å². The third kappa shape index (κ3) is 35.6. The van der Waals surface area contributed by atoms with Crippen LogP contribution in [0.5, 0.6) is 0 Å². The maximum absolute atomic E-state index is 5.92. The van der Waals surface area contributed by atoms with E-state index in [2.05, 4.69) is 13.8 Å². The van der Waals surface area contributed by atoms with E-state index >= 15 is 0 Å². The Bertz CT molecular complexity index is 612. The fourth-order valence-corrected chi connectivity index (χ4v) is 11.5. The molecule has 0 saturated heterocycles. The zero-order chi connectivity index (χ0) is 38.0. The van der Waals surface area contributed by atoms with Crippen molar-refractivity contribution in [2.24, 2.45) is 0 Å². The molecule has 0 amide bonds. The molecule has 0 atom stereocenters. The minimum absolute atomic E-state index is 0.685. The van der Waals surface area contributed by atoms with E-state index in [4.69, 9.17) is 26.6 Å². The van der Waals surface area contributed by atoms with E-state index in [0.29, 0.717) is 19.8 Å². The van der Waals surface area contributed by atoms with Crippen LogP contribution in [0.25, 0.3) is 0 Å². The lowest BCUT2D eigenvalue weighted by atomic mass is 10.0. The molecule has 0 aliphatic rings. The fourth-order valence-electron chi connectivity index (χ4n) is 6.98. The van der Waals surface area contributed by atoms with Gasteiger partial charge in [-0.05, 0) is 33.6 Å². The number of rotatable bonds is 41. The van der Waals surface area contributed by atoms with Gasteiger partial charge in [-0.1, -0.05) is 194 Å². The summed E-state index contributed by atoms with van der Waals surface area (Å²) in [6.45, 7) is 12.7. The molecule has 0 saturated carbocycles. The summed E-state index contributed by atoms with van der Waals surface area (Å²) >= 11 is 0. The molecular formula is C43H94O6Si2. The van der Waals surface area contributed by atoms with Gasteiger partial charge in [-0.25, -0.2) is 0 Å². The maximum Gasteiger partial charge on any atom is 0.500 e. The van der Waals surface area contributed by atoms with Crippen molar-refractivity contribution in [1.82, 2.24) is 0 Å². The third-order valence-corrected chi connectivity index (χ3v) is 16.2. The molecule has 51 heavy (non-hydrogen) atoms. The summed E-state index contributed by atoms with van der Waals surface area (Å²) in [7, 11) is 0.373. The molecule has 0 aromatic carbocycles. The van der Waals surface area contributed by atoms with Crippen LogP contribution in [0.15, 0.2) is 0 Å². The molecule has 0 rings (SSSR count). The van der Waals surface area contributed by atoms with Gasteiger partial charge in [0.25, 0.3) is 0 Å². The zero-order valence-electron chi connectivity index (χ0n) is 36.2. The largest absolute Gasteiger partial charge is 0.500 e. The van der Waals surface area contributed by atoms with Crippen LogP contribution in [-0.2, 0) is 26.6 Å². The molecule has 0 heterocycles. The first-order valence-corrected chi connectivity index (χ1v) is 26.4. The van der Waals surface area contributed by atoms with Crippen LogP contribution in [0.3, 0.4) is 0 Å². The van der Waals surface area contributed by atoms with Gasteiger partial charge in [0, 0.05) is 53.2 Å². The molecule has 0 N–H and O–H groups in total. The van der Waals surface area contributed by atoms with Gasteiger partial charge in [-0.2, -0.15) is 0 Å². The summed E-state index contributed by atoms with van der Waals surface area (Å²) in [6.07, 6.45) is 41.7. The first-order chi connectivity index (χ1) is 25.0. The monoisotopic (exact) mass is 763 g/mol. The molecule has 0 unspecified atom stereocenters. The fraction of sp³-hybridized carbons (Fsp3) is 1.00. The molecule has 0 radical (unpaired) electrons. The summed E-state index contributed by atoms with van der Waals surface area (Å²) in [5, 5.41) is 0. The maximum atomic E-state index is 5.92. The standard InChI is InChI=1S/C23H50O3Si.C20H44O3Si/c1-5-9-10-11-12-13-14-15-16-17-18-19-20-21-22-23-27(24-6-2,25-7-3)26-8-4;1-5-6-7-8-9-10-11-12-13-14-15-16-17-18-19-20-24(21-2,22-3)23-4/h5-23H2,1-4H3;5-20H2,1-4H3. The minimum Gasteiger partial charge on any atom is -0.377 e. The van der Waals surface area contributed by atoms with E-state index < -0.39 is 17.6 Å². The SMILES string of the molecule is CCCCCCCCCCCCCCCCC[Si](OC)(OC)OC.CCCCCCCCCCCCCCCCC[Si](OCC)(OCC)OCC. The average Bonchev–Trinajstić information content (AvgIpc) is 3.14. The predicted molar refractivity (Wildman–Crippen MR) is 227 cm³/mol. The second-order valence-corrected chi connectivity index (χ2v) is 20.5. The lowest BCUT2D eigenvalue weighted by Gasteiger charge is -2.28. The van der Waals surface area contributed by atoms with Gasteiger partial charge in [-0.15, -0.1) is 0 Å². The number of hydrogen-bond donors (Lipinski definition) is 0. The number of hydrogen-bond acceptors (Lipinski definition) is 6. The Morgan fingerprint density at radius 3 is 0.647 bits per heavy atom. The summed E-state index contributed by atoms with van der Waals surface area (Å²) in [6, 6.07) is 1.91. The highest BCUT2D eigenvalue weighted by atomic mass is 28.4. The van der Waals surface area contributed by atoms with E-state index in [1.54, 1.807) is 21.3 Å². The quantitative estimate of drug-likeness (QED) is 0.0457. The Morgan fingerprint density at radius 1 is 0.255 bits per heavy atom. The molecule has 0 fully saturated rings. The highest BCUT2D eigenvalue weighted by Gasteiger charge is 2.39. The van der Waals surface area contributed by atoms with Crippen LogP contribution >= 0.6 is 0 Å². The smallest absolute Gasteiger partial charge is 0.377 e. The number of unbranched alkanes of at least 4 members (excludes halogenated alkanes) is 28. The lowest BCUT2D eigenvalue weighted by molar-refractivity contribution is 0.0706. The predicted octanol–water partition coefficient (Wildman–Crippen LogP) is 14.6. The highest BCUT2D eigenvalue weighted by molar-refractivity contribution is 6.61. The van der Waals surface area contributed by atoms with E-state index in [9.17, 15) is 0 Å². The first-order valence-electron chi connectivity index (χ1n) is 22.6. The molecule has 0 bridgehead atoms. The normalized spacial score (nSPS) is 12.0. The average molecular weight is 763 g/mol. The van der Waals surface area contributed by atoms with Crippen LogP contribution in [0.4, 0.5) is 0 Å². The van der Waals surface area contributed by atoms with Gasteiger partial charge in [0.2, 0.25) is 0 Å². The van der Waals surface area contributed by atoms with Gasteiger partial charge in [-0.3, -0.25) is 0 Å². The van der Waals surface area contributed by atoms with Crippen molar-refractivity contribution in [2.45, 2.75) is 239 Å². The zero-order valence-corrected chi connectivity index (χ0v) is 38.2. The van der Waals surface area contributed by atoms with Gasteiger partial charge in [0.1, 0.15) is 0 Å². The van der Waals surface area contributed by atoms with Gasteiger partial charge >= 0.3 is 17.6 Å². The Labute approximate surface area is 323 Å². The van der Waals surface area contributed by atoms with E-state index in [1.165, 1.54) is 186 Å². The Balaban J connectivity index is 0. The van der Waals surface area contributed by atoms with E-state index in [1.807, 2.05) is 20.8 Å². The van der Waals surface area contributed by atoms with Crippen molar-refractivity contribution < 1.29 is 26.6 Å². The van der Waals surface area contributed by atoms with Crippen LogP contribution in [0.1, 0.15) is 227 Å². The molecule has 8 heteroatoms. The topological polar surface area (TPSA) is 55.4 Å². The van der Waals surface area contributed by atoms with Crippen molar-refractivity contribution in [2.75, 3.05) is 41.2 Å². The van der Waals surface area contributed by atoms with E-state index in [0.717, 1.165) is 18.5 Å². The van der Waals surface area contributed by atoms with E-state index in [-0.39, 0.29) is 0 Å². The molecule has 0 aromatic rings. The van der Waals surface area contributed by atoms with Crippen LogP contribution < -0.4 is 0 Å². The summed E-state index contributed by atoms with van der Waals surface area (Å²) in [5.74, 6) is 0. The molecule has 0 aliphatic heterocycles. The second-order valence-electron chi connectivity index (χ2n) is 14.7. The summed E-state index contributed by atoms with van der Waals surface area (Å²) < 4.78 is 34.1. The van der Waals surface area contributed by atoms with Crippen molar-refractivity contribution >= 4 is 17.6 Å². The second kappa shape index (κ2) is 42.9. The molecular weight excluding hydrogens is 669 g/mol. The molecule has 310 valence electrons. The van der Waals surface area contributed by atoms with Crippen molar-refractivity contribution in [3.8, 4) is 0 Å². The molecule has 0 aromatic heterocycles. The lowest BCUT2D eigenvalue weighted by Crippen LogP contribution is -2.45. The molecule has 6 nitrogen and oxygen atoms in total. The highest BCUT2D eigenvalue weighted by Crippen LogP contribution is 2.22. The Morgan fingerprint density at radius 2 is 0.451 bits per heavy atom. The summed E-state index contributed by atoms with van der Waals surface area (Å²) in [4.78, 5) is 0. The van der Waals surface area contributed by atoms with Gasteiger partial charge in [0.05, 0.1) is 0 Å². The van der Waals surface area contributed by atoms with Crippen molar-refractivity contribution in [3.63, 3.8) is 0 Å². The van der Waals surface area contributed by atoms with Crippen LogP contribution in [0, 0.1) is 0 Å². The summed E-state index contributed by atoms with van der Waals surface area (Å²) in [5.41, 5.74) is 0. The van der Waals surface area contributed by atoms with Crippen molar-refractivity contribution in [3.05, 3.63) is 0 Å². The molecule has 0 spiro atoms. The molecule has 0 aliphatic carbocycles. The first kappa shape index (κ1) is 53.3. The van der Waals surface area contributed by atoms with Gasteiger partial charge < -0.3 is 26.6 Å². The Hall–Kier alpha value is 0.194. The minimum atomic E-state index is -2.40. The van der Waals surface area contributed by atoms with Crippen LogP contribution in [-0.4, -0.2) is 58.8 Å². The van der Waals surface area contributed by atoms with Gasteiger partial charge in [0.15, 0.2) is 0 Å². The van der Waals surface area contributed by atoms with Crippen LogP contribution in [0.2, 0.25) is 12.1 Å². The Kier molecular flexibility index (Phi) is 44.9. The third-order valence-electron chi connectivity index (χ3n) is 10.2.